The van der Waals surface area contributed by atoms with Gasteiger partial charge in [-0.1, -0.05) is 0 Å². The van der Waals surface area contributed by atoms with Crippen molar-refractivity contribution in [3.8, 4) is 0 Å². The largest absolute Gasteiger partial charge is 0.394 e. The van der Waals surface area contributed by atoms with E-state index in [0.717, 1.165) is 0 Å². The van der Waals surface area contributed by atoms with E-state index in [1.807, 2.05) is 0 Å². The first-order valence-electron chi connectivity index (χ1n) is 11.0. The summed E-state index contributed by atoms with van der Waals surface area (Å²) in [6.07, 6.45) is -23.5. The van der Waals surface area contributed by atoms with E-state index in [9.17, 15) is 51.1 Å². The third-order valence-corrected chi connectivity index (χ3v) is 6.29. The van der Waals surface area contributed by atoms with Crippen molar-refractivity contribution < 1.29 is 79.5 Å². The molecule has 16 heteroatoms. The summed E-state index contributed by atoms with van der Waals surface area (Å²) in [5, 5.41) is 99.9. The van der Waals surface area contributed by atoms with E-state index in [1.165, 1.54) is 7.11 Å². The number of hydrogen-bond donors (Lipinski definition) is 10. The molecule has 0 radical (unpaired) electrons. The van der Waals surface area contributed by atoms with Gasteiger partial charge in [0.1, 0.15) is 73.2 Å². The van der Waals surface area contributed by atoms with Crippen molar-refractivity contribution in [3.05, 3.63) is 0 Å². The van der Waals surface area contributed by atoms with Crippen molar-refractivity contribution in [2.45, 2.75) is 92.1 Å². The quantitative estimate of drug-likeness (QED) is 0.143. The van der Waals surface area contributed by atoms with Crippen LogP contribution in [0.25, 0.3) is 0 Å². The van der Waals surface area contributed by atoms with Gasteiger partial charge in [-0.15, -0.1) is 0 Å². The second-order valence-corrected chi connectivity index (χ2v) is 8.59. The fourth-order valence-electron chi connectivity index (χ4n) is 4.13. The number of aliphatic hydroxyl groups excluding tert-OH is 10. The van der Waals surface area contributed by atoms with Crippen LogP contribution in [0.2, 0.25) is 0 Å². The minimum absolute atomic E-state index is 0.523. The molecule has 0 bridgehead atoms. The van der Waals surface area contributed by atoms with E-state index in [0.29, 0.717) is 0 Å². The van der Waals surface area contributed by atoms with Crippen LogP contribution in [0.3, 0.4) is 0 Å². The summed E-state index contributed by atoms with van der Waals surface area (Å²) >= 11 is 0. The van der Waals surface area contributed by atoms with Crippen molar-refractivity contribution in [2.75, 3.05) is 26.9 Å². The first-order chi connectivity index (χ1) is 16.5. The highest BCUT2D eigenvalue weighted by Crippen LogP contribution is 2.30. The SMILES string of the molecule is CO[C@H]1O[C@H](CO[C@H]2O[C@H](CO)[C@@H](O)[C@@H](O)[C@@H]2O)[C@@H](O)[C@@H](O[C@@H]2O[C@H](CO)[C@@H](O)[C@@H](O)[C@H]2O)[C@H]1O. The molecule has 206 valence electrons. The smallest absolute Gasteiger partial charge is 0.187 e. The van der Waals surface area contributed by atoms with Gasteiger partial charge in [0.05, 0.1) is 19.8 Å². The summed E-state index contributed by atoms with van der Waals surface area (Å²) in [6.45, 7) is -1.93. The molecule has 15 atom stereocenters. The van der Waals surface area contributed by atoms with Gasteiger partial charge in [-0.2, -0.15) is 0 Å². The molecule has 0 saturated carbocycles. The van der Waals surface area contributed by atoms with Gasteiger partial charge in [0.25, 0.3) is 0 Å². The molecule has 16 nitrogen and oxygen atoms in total. The zero-order valence-electron chi connectivity index (χ0n) is 18.7. The van der Waals surface area contributed by atoms with Crippen LogP contribution >= 0.6 is 0 Å². The second kappa shape index (κ2) is 12.3. The van der Waals surface area contributed by atoms with Crippen LogP contribution in [-0.2, 0) is 28.4 Å². The van der Waals surface area contributed by atoms with Crippen LogP contribution in [0.15, 0.2) is 0 Å². The average molecular weight is 518 g/mol. The fraction of sp³-hybridized carbons (Fsp3) is 1.00. The standard InChI is InChI=1S/C19H34O16/c1-30-17-15(29)16(35-19-14(28)12(26)9(23)6(3-21)33-19)10(24)7(34-17)4-31-18-13(27)11(25)8(22)5(2-20)32-18/h5-29H,2-4H2,1H3/t5-,6-,7-,8-,9-,10-,11-,12-,13+,14-,15-,16-,17+,18+,19+/m1/s1. The van der Waals surface area contributed by atoms with Crippen LogP contribution in [0.4, 0.5) is 0 Å². The molecule has 3 aliphatic rings. The Morgan fingerprint density at radius 3 is 1.54 bits per heavy atom. The molecule has 3 aliphatic heterocycles. The topological polar surface area (TPSA) is 258 Å². The van der Waals surface area contributed by atoms with Crippen LogP contribution in [0.1, 0.15) is 0 Å². The minimum atomic E-state index is -1.81. The van der Waals surface area contributed by atoms with E-state index in [4.69, 9.17) is 28.4 Å². The molecular formula is C19H34O16. The molecule has 0 aromatic carbocycles. The molecule has 3 fully saturated rings. The zero-order chi connectivity index (χ0) is 26.0. The van der Waals surface area contributed by atoms with Gasteiger partial charge in [0, 0.05) is 7.11 Å². The van der Waals surface area contributed by atoms with E-state index < -0.39 is 112 Å². The Balaban J connectivity index is 1.69. The summed E-state index contributed by atoms with van der Waals surface area (Å²) in [4.78, 5) is 0. The first-order valence-corrected chi connectivity index (χ1v) is 11.0. The fourth-order valence-corrected chi connectivity index (χ4v) is 4.13. The minimum Gasteiger partial charge on any atom is -0.394 e. The molecule has 3 saturated heterocycles. The molecule has 3 rings (SSSR count). The van der Waals surface area contributed by atoms with Crippen LogP contribution in [-0.4, -0.2) is 170 Å². The third kappa shape index (κ3) is 5.93. The maximum atomic E-state index is 10.8. The van der Waals surface area contributed by atoms with Gasteiger partial charge in [-0.05, 0) is 0 Å². The number of ether oxygens (including phenoxy) is 6. The second-order valence-electron chi connectivity index (χ2n) is 8.59. The van der Waals surface area contributed by atoms with Crippen molar-refractivity contribution in [3.63, 3.8) is 0 Å². The highest BCUT2D eigenvalue weighted by Gasteiger charge is 2.51. The lowest BCUT2D eigenvalue weighted by Crippen LogP contribution is -2.65. The van der Waals surface area contributed by atoms with Gasteiger partial charge in [0.15, 0.2) is 18.9 Å². The Morgan fingerprint density at radius 1 is 0.543 bits per heavy atom. The van der Waals surface area contributed by atoms with Crippen molar-refractivity contribution in [2.24, 2.45) is 0 Å². The molecule has 0 unspecified atom stereocenters. The summed E-state index contributed by atoms with van der Waals surface area (Å²) < 4.78 is 31.9. The number of aliphatic hydroxyl groups is 10. The van der Waals surface area contributed by atoms with E-state index in [2.05, 4.69) is 0 Å². The lowest BCUT2D eigenvalue weighted by Gasteiger charge is -2.46. The summed E-state index contributed by atoms with van der Waals surface area (Å²) in [7, 11) is 1.19. The molecule has 0 aromatic rings. The van der Waals surface area contributed by atoms with Crippen LogP contribution in [0.5, 0.6) is 0 Å². The summed E-state index contributed by atoms with van der Waals surface area (Å²) in [6, 6.07) is 0. The molecule has 0 aromatic heterocycles. The average Bonchev–Trinajstić information content (AvgIpc) is 2.85. The Hall–Kier alpha value is -0.640. The van der Waals surface area contributed by atoms with E-state index in [1.54, 1.807) is 0 Å². The Kier molecular flexibility index (Phi) is 10.1. The van der Waals surface area contributed by atoms with Crippen LogP contribution < -0.4 is 0 Å². The highest BCUT2D eigenvalue weighted by molar-refractivity contribution is 4.95. The van der Waals surface area contributed by atoms with Gasteiger partial charge in [-0.25, -0.2) is 0 Å². The Labute approximate surface area is 199 Å². The predicted molar refractivity (Wildman–Crippen MR) is 106 cm³/mol. The van der Waals surface area contributed by atoms with Gasteiger partial charge in [0.2, 0.25) is 0 Å². The number of rotatable bonds is 8. The normalized spacial score (nSPS) is 51.3. The molecular weight excluding hydrogens is 484 g/mol. The molecule has 10 N–H and O–H groups in total. The number of methoxy groups -OCH3 is 1. The zero-order valence-corrected chi connectivity index (χ0v) is 18.7. The first kappa shape index (κ1) is 28.9. The lowest BCUT2D eigenvalue weighted by molar-refractivity contribution is -0.364. The van der Waals surface area contributed by atoms with Crippen LogP contribution in [0, 0.1) is 0 Å². The highest BCUT2D eigenvalue weighted by atomic mass is 16.7. The van der Waals surface area contributed by atoms with Gasteiger partial charge in [-0.3, -0.25) is 0 Å². The lowest BCUT2D eigenvalue weighted by atomic mass is 9.97. The predicted octanol–water partition coefficient (Wildman–Crippen LogP) is -6.92. The van der Waals surface area contributed by atoms with Gasteiger partial charge < -0.3 is 79.5 Å². The maximum absolute atomic E-state index is 10.8. The molecule has 0 amide bonds. The van der Waals surface area contributed by atoms with Crippen molar-refractivity contribution >= 4 is 0 Å². The van der Waals surface area contributed by atoms with Gasteiger partial charge >= 0.3 is 0 Å². The van der Waals surface area contributed by atoms with Crippen molar-refractivity contribution in [1.82, 2.24) is 0 Å². The Morgan fingerprint density at radius 2 is 1.03 bits per heavy atom. The summed E-state index contributed by atoms with van der Waals surface area (Å²) in [5.41, 5.74) is 0. The maximum Gasteiger partial charge on any atom is 0.187 e. The molecule has 0 spiro atoms. The molecule has 3 heterocycles. The summed E-state index contributed by atoms with van der Waals surface area (Å²) in [5.74, 6) is 0. The van der Waals surface area contributed by atoms with E-state index >= 15 is 0 Å². The van der Waals surface area contributed by atoms with Crippen molar-refractivity contribution in [1.29, 1.82) is 0 Å². The third-order valence-electron chi connectivity index (χ3n) is 6.29. The molecule has 0 aliphatic carbocycles. The number of hydrogen-bond acceptors (Lipinski definition) is 16. The molecule has 35 heavy (non-hydrogen) atoms. The monoisotopic (exact) mass is 518 g/mol. The Bertz CT molecular complexity index is 652. The van der Waals surface area contributed by atoms with E-state index in [-0.39, 0.29) is 0 Å².